The fourth-order valence-corrected chi connectivity index (χ4v) is 14.3. The lowest BCUT2D eigenvalue weighted by Gasteiger charge is -2.35. The Morgan fingerprint density at radius 1 is 0.465 bits per heavy atom. The zero-order chi connectivity index (χ0) is 65.1. The highest BCUT2D eigenvalue weighted by Crippen LogP contribution is 2.65. The summed E-state index contributed by atoms with van der Waals surface area (Å²) in [5, 5.41) is 1.01. The third-order valence-corrected chi connectivity index (χ3v) is 21.2. The number of nitrogens with zero attached hydrogens (tertiary/aromatic N) is 1. The van der Waals surface area contributed by atoms with Crippen molar-refractivity contribution in [3.05, 3.63) is 0 Å². The monoisotopic (exact) mass is 1240 g/mol. The van der Waals surface area contributed by atoms with E-state index >= 15 is 0 Å². The number of ether oxygens (including phenoxy) is 8. The molecule has 11 fully saturated rings. The van der Waals surface area contributed by atoms with Crippen LogP contribution in [0.5, 0.6) is 0 Å². The Bertz CT molecular complexity index is 1320. The number of likely N-dealkylation sites (tertiary alicyclic amines) is 1. The van der Waals surface area contributed by atoms with Crippen LogP contribution in [0.1, 0.15) is 318 Å². The number of Topliss-reactive ketones (excluding diaryl/α,β-unsaturated/α-hetero) is 1. The highest BCUT2D eigenvalue weighted by atomic mass is 32.2. The average molecular weight is 1250 g/mol. The van der Waals surface area contributed by atoms with Crippen LogP contribution in [0.25, 0.3) is 0 Å². The van der Waals surface area contributed by atoms with Crippen molar-refractivity contribution in [1.29, 1.82) is 0 Å². The maximum atomic E-state index is 11.8. The second-order valence-corrected chi connectivity index (χ2v) is 27.2. The summed E-state index contributed by atoms with van der Waals surface area (Å²) in [5.74, 6) is 5.02. The predicted molar refractivity (Wildman–Crippen MR) is 374 cm³/mol. The van der Waals surface area contributed by atoms with E-state index in [4.69, 9.17) is 37.9 Å². The fourth-order valence-electron chi connectivity index (χ4n) is 13.1. The molecule has 2 bridgehead atoms. The molecule has 86 heavy (non-hydrogen) atoms. The van der Waals surface area contributed by atoms with Crippen LogP contribution in [-0.2, 0) is 42.7 Å². The Morgan fingerprint density at radius 3 is 1.16 bits per heavy atom. The molecular formula is C75H153NO9S. The van der Waals surface area contributed by atoms with Crippen molar-refractivity contribution in [2.24, 2.45) is 34.5 Å². The van der Waals surface area contributed by atoms with Crippen molar-refractivity contribution in [2.45, 2.75) is 360 Å². The van der Waals surface area contributed by atoms with Gasteiger partial charge in [-0.25, -0.2) is 0 Å². The van der Waals surface area contributed by atoms with Crippen LogP contribution in [-0.4, -0.2) is 138 Å². The molecule has 0 radical (unpaired) electrons. The van der Waals surface area contributed by atoms with Gasteiger partial charge in [-0.3, -0.25) is 4.79 Å². The highest BCUT2D eigenvalue weighted by Gasteiger charge is 2.62. The number of ketones is 1. The molecule has 0 aromatic heterocycles. The van der Waals surface area contributed by atoms with Gasteiger partial charge >= 0.3 is 0 Å². The molecule has 9 saturated heterocycles. The minimum atomic E-state index is -0.333. The fraction of sp³-hybridized carbons (Fsp3) is 0.987. The Hall–Kier alpha value is -0.340. The van der Waals surface area contributed by atoms with Crippen LogP contribution >= 0.6 is 11.8 Å². The molecule has 11 aliphatic rings. The number of hydrogen-bond acceptors (Lipinski definition) is 11. The maximum Gasteiger partial charge on any atom is 0.163 e. The first-order valence-corrected chi connectivity index (χ1v) is 38.3. The van der Waals surface area contributed by atoms with E-state index in [1.165, 1.54) is 166 Å². The molecule has 0 aromatic carbocycles. The number of thioether (sulfide) groups is 1. The van der Waals surface area contributed by atoms with Gasteiger partial charge in [-0.15, -0.1) is 0 Å². The molecule has 2 saturated carbocycles. The van der Waals surface area contributed by atoms with Gasteiger partial charge in [0, 0.05) is 82.6 Å². The quantitative estimate of drug-likeness (QED) is 0.209. The molecule has 0 amide bonds. The van der Waals surface area contributed by atoms with Crippen molar-refractivity contribution in [2.75, 3.05) is 85.4 Å². The van der Waals surface area contributed by atoms with Gasteiger partial charge in [0.05, 0.1) is 31.0 Å². The van der Waals surface area contributed by atoms with E-state index in [0.29, 0.717) is 41.5 Å². The zero-order valence-electron chi connectivity index (χ0n) is 61.6. The smallest absolute Gasteiger partial charge is 0.163 e. The lowest BCUT2D eigenvalue weighted by atomic mass is 9.67. The first-order valence-electron chi connectivity index (χ1n) is 37.3. The SMILES string of the molecule is CC.CC.CC.CCC12CCC(CC1=O)C2(C)C.CCC1CCCN1C.CCC1CCCO1.CCC1CCCO1.CCC1CCCO1.CCC1CCCOC1.CCC1CCCS1.CCC1CCOC1.CCC1CCOCC1.CCC1COC(C)(C)O1. The van der Waals surface area contributed by atoms with E-state index in [0.717, 1.165) is 121 Å². The number of fused-ring (bicyclic) bond motifs is 2. The molecule has 2 aliphatic carbocycles. The van der Waals surface area contributed by atoms with E-state index < -0.39 is 0 Å². The summed E-state index contributed by atoms with van der Waals surface area (Å²) < 4.78 is 42.3. The van der Waals surface area contributed by atoms with E-state index in [1.807, 2.05) is 55.4 Å². The van der Waals surface area contributed by atoms with E-state index in [1.54, 1.807) is 0 Å². The van der Waals surface area contributed by atoms with Crippen molar-refractivity contribution >= 4 is 17.5 Å². The number of carbonyl (C=O) groups is 1. The number of rotatable bonds is 10. The first kappa shape index (κ1) is 87.7. The molecule has 11 heteroatoms. The van der Waals surface area contributed by atoms with Crippen LogP contribution in [0.15, 0.2) is 0 Å². The summed E-state index contributed by atoms with van der Waals surface area (Å²) >= 11 is 2.14. The topological polar surface area (TPSA) is 94.2 Å². The minimum absolute atomic E-state index is 0.0671. The Labute approximate surface area is 542 Å². The van der Waals surface area contributed by atoms with Gasteiger partial charge < -0.3 is 42.8 Å². The van der Waals surface area contributed by atoms with Crippen LogP contribution in [0.4, 0.5) is 0 Å². The summed E-state index contributed by atoms with van der Waals surface area (Å²) in [6, 6.07) is 0.898. The molecule has 10 atom stereocenters. The standard InChI is InChI=1S/C11H18O.C7H15N.C7H14O2.2C7H14O.4C6H12O.C6H12S.3C2H6/c1-4-11-6-5-8(7-9(11)12)10(11,2)3;1-3-7-5-4-6-8(7)2;1-4-6-5-8-7(2,3)9-6;1-2-7-3-5-8-6-4-7;1-2-7-4-3-5-8-6-7;1-2-6-3-4-7-5-6;4*1-2-6-4-3-5-7-6;3*1-2/h8H,4-7H2,1-3H3;7H,3-6H2,1-2H3;6H,4-5H2,1-3H3;2*7H,2-6H2,1H3;5*6H,2-5H2,1H3;3*1-2H3. The Balaban J connectivity index is 0. The van der Waals surface area contributed by atoms with Crippen molar-refractivity contribution < 1.29 is 42.7 Å². The molecule has 10 nitrogen and oxygen atoms in total. The van der Waals surface area contributed by atoms with Gasteiger partial charge in [-0.05, 0) is 216 Å². The molecule has 0 aromatic rings. The molecule has 9 aliphatic heterocycles. The van der Waals surface area contributed by atoms with Crippen molar-refractivity contribution in [3.8, 4) is 0 Å². The van der Waals surface area contributed by atoms with Gasteiger partial charge in [-0.1, -0.05) is 144 Å². The van der Waals surface area contributed by atoms with E-state index in [-0.39, 0.29) is 11.2 Å². The molecule has 518 valence electrons. The average Bonchev–Trinajstić information content (AvgIpc) is 1.59. The lowest BCUT2D eigenvalue weighted by molar-refractivity contribution is -0.138. The van der Waals surface area contributed by atoms with Gasteiger partial charge in [0.15, 0.2) is 5.79 Å². The third kappa shape index (κ3) is 37.4. The summed E-state index contributed by atoms with van der Waals surface area (Å²) in [5.41, 5.74) is 0.358. The van der Waals surface area contributed by atoms with E-state index in [2.05, 4.69) is 107 Å². The number of carbonyl (C=O) groups excluding carboxylic acids is 1. The van der Waals surface area contributed by atoms with Crippen LogP contribution in [0, 0.1) is 34.5 Å². The van der Waals surface area contributed by atoms with Crippen molar-refractivity contribution in [3.63, 3.8) is 0 Å². The first-order chi connectivity index (χ1) is 41.5. The van der Waals surface area contributed by atoms with Crippen LogP contribution < -0.4 is 0 Å². The van der Waals surface area contributed by atoms with Gasteiger partial charge in [0.1, 0.15) is 5.78 Å². The van der Waals surface area contributed by atoms with Crippen LogP contribution in [0.2, 0.25) is 0 Å². The van der Waals surface area contributed by atoms with Crippen molar-refractivity contribution in [1.82, 2.24) is 4.90 Å². The predicted octanol–water partition coefficient (Wildman–Crippen LogP) is 21.0. The van der Waals surface area contributed by atoms with Gasteiger partial charge in [-0.2, -0.15) is 11.8 Å². The molecule has 11 rings (SSSR count). The zero-order valence-corrected chi connectivity index (χ0v) is 62.4. The molecule has 0 N–H and O–H groups in total. The lowest BCUT2D eigenvalue weighted by Crippen LogP contribution is -2.34. The maximum absolute atomic E-state index is 11.8. The Morgan fingerprint density at radius 2 is 0.942 bits per heavy atom. The second-order valence-electron chi connectivity index (χ2n) is 25.8. The van der Waals surface area contributed by atoms with Gasteiger partial charge in [0.2, 0.25) is 0 Å². The molecule has 10 unspecified atom stereocenters. The Kier molecular flexibility index (Phi) is 57.3. The second kappa shape index (κ2) is 56.2. The third-order valence-electron chi connectivity index (χ3n) is 19.7. The van der Waals surface area contributed by atoms with Gasteiger partial charge in [0.25, 0.3) is 0 Å². The number of hydrogen-bond donors (Lipinski definition) is 0. The molecule has 0 spiro atoms. The summed E-state index contributed by atoms with van der Waals surface area (Å²) in [6.07, 6.45) is 37.7. The summed E-state index contributed by atoms with van der Waals surface area (Å²) in [4.78, 5) is 14.3. The molecular weight excluding hydrogens is 1090 g/mol. The molecule has 9 heterocycles. The summed E-state index contributed by atoms with van der Waals surface area (Å²) in [6.45, 7) is 53.6. The van der Waals surface area contributed by atoms with E-state index in [9.17, 15) is 4.79 Å². The normalized spacial score (nSPS) is 30.5. The van der Waals surface area contributed by atoms with Crippen LogP contribution in [0.3, 0.4) is 0 Å². The minimum Gasteiger partial charge on any atom is -0.381 e. The summed E-state index contributed by atoms with van der Waals surface area (Å²) in [7, 11) is 2.22. The highest BCUT2D eigenvalue weighted by molar-refractivity contribution is 8.00. The largest absolute Gasteiger partial charge is 0.381 e.